The van der Waals surface area contributed by atoms with Crippen LogP contribution in [0.5, 0.6) is 0 Å². The highest BCUT2D eigenvalue weighted by atomic mass is 32.1. The molecular formula is C18H24OS. The minimum absolute atomic E-state index is 0.161. The lowest BCUT2D eigenvalue weighted by molar-refractivity contribution is 0.0738. The third kappa shape index (κ3) is 2.91. The fraction of sp³-hybridized carbons (Fsp3) is 0.556. The Morgan fingerprint density at radius 3 is 2.70 bits per heavy atom. The highest BCUT2D eigenvalue weighted by Gasteiger charge is 2.26. The van der Waals surface area contributed by atoms with Crippen LogP contribution < -0.4 is 0 Å². The highest BCUT2D eigenvalue weighted by Crippen LogP contribution is 2.34. The van der Waals surface area contributed by atoms with Gasteiger partial charge >= 0.3 is 0 Å². The van der Waals surface area contributed by atoms with Gasteiger partial charge in [0, 0.05) is 11.1 Å². The Morgan fingerprint density at radius 2 is 1.95 bits per heavy atom. The van der Waals surface area contributed by atoms with E-state index < -0.39 is 0 Å². The predicted molar refractivity (Wildman–Crippen MR) is 87.3 cm³/mol. The molecule has 2 aromatic rings. The maximum Gasteiger partial charge on any atom is 0.0609 e. The topological polar surface area (TPSA) is 20.2 Å². The van der Waals surface area contributed by atoms with Crippen molar-refractivity contribution in [3.8, 4) is 0 Å². The molecule has 1 aliphatic rings. The van der Waals surface area contributed by atoms with Crippen LogP contribution in [0.25, 0.3) is 10.1 Å². The van der Waals surface area contributed by atoms with Crippen LogP contribution in [0.3, 0.4) is 0 Å². The van der Waals surface area contributed by atoms with Crippen molar-refractivity contribution in [1.29, 1.82) is 0 Å². The molecule has 1 saturated carbocycles. The van der Waals surface area contributed by atoms with Gasteiger partial charge in [0.05, 0.1) is 6.10 Å². The molecule has 3 rings (SSSR count). The smallest absolute Gasteiger partial charge is 0.0609 e. The zero-order chi connectivity index (χ0) is 13.9. The molecule has 0 saturated heterocycles. The molecule has 2 heteroatoms. The lowest BCUT2D eigenvalue weighted by Crippen LogP contribution is -2.27. The largest absolute Gasteiger partial charge is 0.392 e. The molecule has 0 radical (unpaired) electrons. The first kappa shape index (κ1) is 14.1. The molecule has 1 unspecified atom stereocenters. The zero-order valence-electron chi connectivity index (χ0n) is 12.2. The minimum Gasteiger partial charge on any atom is -0.392 e. The Bertz CT molecular complexity index is 551. The SMILES string of the molecule is CCC1CCC(C(O)Cc2csc3ccccc23)CC1. The van der Waals surface area contributed by atoms with Crippen LogP contribution in [0.2, 0.25) is 0 Å². The molecule has 0 amide bonds. The van der Waals surface area contributed by atoms with Crippen LogP contribution in [0.15, 0.2) is 29.6 Å². The molecule has 1 aromatic carbocycles. The summed E-state index contributed by atoms with van der Waals surface area (Å²) in [6.07, 6.45) is 7.00. The van der Waals surface area contributed by atoms with Crippen molar-refractivity contribution in [2.45, 2.75) is 51.6 Å². The molecule has 108 valence electrons. The van der Waals surface area contributed by atoms with E-state index in [9.17, 15) is 5.11 Å². The normalized spacial score (nSPS) is 24.9. The van der Waals surface area contributed by atoms with Crippen LogP contribution in [0.4, 0.5) is 0 Å². The summed E-state index contributed by atoms with van der Waals surface area (Å²) in [5.41, 5.74) is 1.33. The summed E-state index contributed by atoms with van der Waals surface area (Å²) in [6.45, 7) is 2.29. The minimum atomic E-state index is -0.161. The molecule has 0 bridgehead atoms. The third-order valence-electron chi connectivity index (χ3n) is 5.00. The molecule has 1 fully saturated rings. The average Bonchev–Trinajstić information content (AvgIpc) is 2.91. The van der Waals surface area contributed by atoms with Crippen molar-refractivity contribution >= 4 is 21.4 Å². The summed E-state index contributed by atoms with van der Waals surface area (Å²) in [5.74, 6) is 1.41. The molecule has 1 heterocycles. The van der Waals surface area contributed by atoms with Gasteiger partial charge in [0.15, 0.2) is 0 Å². The molecule has 1 aliphatic carbocycles. The fourth-order valence-corrected chi connectivity index (χ4v) is 4.54. The van der Waals surface area contributed by atoms with Gasteiger partial charge in [0.2, 0.25) is 0 Å². The van der Waals surface area contributed by atoms with Gasteiger partial charge in [-0.1, -0.05) is 44.4 Å². The Morgan fingerprint density at radius 1 is 1.20 bits per heavy atom. The Kier molecular flexibility index (Phi) is 4.42. The van der Waals surface area contributed by atoms with E-state index in [1.165, 1.54) is 47.8 Å². The lowest BCUT2D eigenvalue weighted by atomic mass is 9.77. The van der Waals surface area contributed by atoms with E-state index in [1.54, 1.807) is 11.3 Å². The number of thiophene rings is 1. The number of hydrogen-bond acceptors (Lipinski definition) is 2. The summed E-state index contributed by atoms with van der Waals surface area (Å²) in [7, 11) is 0. The van der Waals surface area contributed by atoms with Crippen molar-refractivity contribution < 1.29 is 5.11 Å². The molecule has 1 nitrogen and oxygen atoms in total. The second kappa shape index (κ2) is 6.28. The molecule has 1 aromatic heterocycles. The highest BCUT2D eigenvalue weighted by molar-refractivity contribution is 7.17. The predicted octanol–water partition coefficient (Wildman–Crippen LogP) is 5.02. The number of aliphatic hydroxyl groups excluding tert-OH is 1. The van der Waals surface area contributed by atoms with Gasteiger partial charge in [-0.25, -0.2) is 0 Å². The number of hydrogen-bond donors (Lipinski definition) is 1. The van der Waals surface area contributed by atoms with E-state index in [0.717, 1.165) is 12.3 Å². The van der Waals surface area contributed by atoms with Crippen molar-refractivity contribution in [3.63, 3.8) is 0 Å². The van der Waals surface area contributed by atoms with E-state index >= 15 is 0 Å². The quantitative estimate of drug-likeness (QED) is 0.837. The van der Waals surface area contributed by atoms with Crippen molar-refractivity contribution in [1.82, 2.24) is 0 Å². The molecule has 20 heavy (non-hydrogen) atoms. The summed E-state index contributed by atoms with van der Waals surface area (Å²) in [5, 5.41) is 14.1. The van der Waals surface area contributed by atoms with Crippen LogP contribution in [0, 0.1) is 11.8 Å². The molecular weight excluding hydrogens is 264 g/mol. The maximum absolute atomic E-state index is 10.6. The summed E-state index contributed by atoms with van der Waals surface area (Å²) in [6, 6.07) is 8.53. The van der Waals surface area contributed by atoms with Crippen LogP contribution >= 0.6 is 11.3 Å². The van der Waals surface area contributed by atoms with Gasteiger partial charge < -0.3 is 5.11 Å². The van der Waals surface area contributed by atoms with E-state index in [0.29, 0.717) is 5.92 Å². The molecule has 1 N–H and O–H groups in total. The summed E-state index contributed by atoms with van der Waals surface area (Å²) < 4.78 is 1.34. The molecule has 1 atom stereocenters. The molecule has 0 spiro atoms. The van der Waals surface area contributed by atoms with Crippen molar-refractivity contribution in [3.05, 3.63) is 35.2 Å². The van der Waals surface area contributed by atoms with E-state index in [1.807, 2.05) is 0 Å². The Labute approximate surface area is 125 Å². The molecule has 0 aliphatic heterocycles. The number of benzene rings is 1. The zero-order valence-corrected chi connectivity index (χ0v) is 13.0. The van der Waals surface area contributed by atoms with E-state index in [4.69, 9.17) is 0 Å². The van der Waals surface area contributed by atoms with Gasteiger partial charge in [-0.2, -0.15) is 0 Å². The number of rotatable bonds is 4. The third-order valence-corrected chi connectivity index (χ3v) is 6.02. The van der Waals surface area contributed by atoms with Crippen LogP contribution in [0.1, 0.15) is 44.6 Å². The van der Waals surface area contributed by atoms with Crippen molar-refractivity contribution in [2.75, 3.05) is 0 Å². The Balaban J connectivity index is 1.65. The fourth-order valence-electron chi connectivity index (χ4n) is 3.56. The van der Waals surface area contributed by atoms with Gasteiger partial charge in [-0.15, -0.1) is 11.3 Å². The van der Waals surface area contributed by atoms with E-state index in [-0.39, 0.29) is 6.10 Å². The lowest BCUT2D eigenvalue weighted by Gasteiger charge is -2.31. The second-order valence-corrected chi connectivity index (χ2v) is 7.13. The Hall–Kier alpha value is -0.860. The second-order valence-electron chi connectivity index (χ2n) is 6.22. The van der Waals surface area contributed by atoms with Gasteiger partial charge in [-0.05, 0) is 47.1 Å². The number of fused-ring (bicyclic) bond motifs is 1. The monoisotopic (exact) mass is 288 g/mol. The standard InChI is InChI=1S/C18H24OS/c1-2-13-7-9-14(10-8-13)17(19)11-15-12-20-18-6-4-3-5-16(15)18/h3-6,12-14,17,19H,2,7-11H2,1H3. The van der Waals surface area contributed by atoms with Gasteiger partial charge in [0.1, 0.15) is 0 Å². The summed E-state index contributed by atoms with van der Waals surface area (Å²) >= 11 is 1.80. The van der Waals surface area contributed by atoms with Gasteiger partial charge in [-0.3, -0.25) is 0 Å². The first-order valence-electron chi connectivity index (χ1n) is 7.91. The first-order chi connectivity index (χ1) is 9.78. The van der Waals surface area contributed by atoms with Gasteiger partial charge in [0.25, 0.3) is 0 Å². The van der Waals surface area contributed by atoms with E-state index in [2.05, 4.69) is 36.6 Å². The van der Waals surface area contributed by atoms with Crippen LogP contribution in [-0.2, 0) is 6.42 Å². The first-order valence-corrected chi connectivity index (χ1v) is 8.79. The average molecular weight is 288 g/mol. The number of aliphatic hydroxyl groups is 1. The maximum atomic E-state index is 10.6. The summed E-state index contributed by atoms with van der Waals surface area (Å²) in [4.78, 5) is 0. The van der Waals surface area contributed by atoms with Crippen LogP contribution in [-0.4, -0.2) is 11.2 Å². The van der Waals surface area contributed by atoms with Crippen molar-refractivity contribution in [2.24, 2.45) is 11.8 Å².